The highest BCUT2D eigenvalue weighted by atomic mass is 32.1. The zero-order valence-electron chi connectivity index (χ0n) is 16.2. The third-order valence-corrected chi connectivity index (χ3v) is 5.84. The Labute approximate surface area is 167 Å². The highest BCUT2D eigenvalue weighted by molar-refractivity contribution is 7.13. The van der Waals surface area contributed by atoms with Crippen LogP contribution in [0.3, 0.4) is 0 Å². The number of primary amides is 1. The van der Waals surface area contributed by atoms with E-state index in [4.69, 9.17) is 11.0 Å². The standard InChI is InChI=1S/C21H21N5OS/c1-12-17(21(2,3)4)28-20(26-12)16(18(23)27)11-25-19-15-9-13(10-22)5-6-14(15)7-8-24-19/h5-9,11H,1-4H3,(H2,23,27)(H,24,25). The Kier molecular flexibility index (Phi) is 5.16. The van der Waals surface area contributed by atoms with Crippen molar-refractivity contribution in [2.75, 3.05) is 5.32 Å². The molecule has 0 radical (unpaired) electrons. The van der Waals surface area contributed by atoms with Gasteiger partial charge in [0.05, 0.1) is 22.9 Å². The first-order valence-corrected chi connectivity index (χ1v) is 9.56. The average molecular weight is 392 g/mol. The number of carbonyl (C=O) groups is 1. The van der Waals surface area contributed by atoms with Crippen molar-refractivity contribution in [1.82, 2.24) is 9.97 Å². The first-order valence-electron chi connectivity index (χ1n) is 8.74. The van der Waals surface area contributed by atoms with Crippen LogP contribution >= 0.6 is 11.3 Å². The molecule has 6 nitrogen and oxygen atoms in total. The molecule has 0 bridgehead atoms. The quantitative estimate of drug-likeness (QED) is 0.651. The minimum Gasteiger partial charge on any atom is -0.365 e. The first kappa shape index (κ1) is 19.5. The average Bonchev–Trinajstić information content (AvgIpc) is 3.03. The molecule has 0 atom stereocenters. The van der Waals surface area contributed by atoms with Gasteiger partial charge in [-0.3, -0.25) is 4.79 Å². The van der Waals surface area contributed by atoms with Gasteiger partial charge in [0, 0.05) is 22.7 Å². The Morgan fingerprint density at radius 2 is 2.07 bits per heavy atom. The van der Waals surface area contributed by atoms with Gasteiger partial charge in [-0.05, 0) is 35.9 Å². The third-order valence-electron chi connectivity index (χ3n) is 4.22. The lowest BCUT2D eigenvalue weighted by atomic mass is 9.93. The molecule has 142 valence electrons. The lowest BCUT2D eigenvalue weighted by Crippen LogP contribution is -2.14. The minimum absolute atomic E-state index is 0.0684. The molecule has 0 unspecified atom stereocenters. The SMILES string of the molecule is Cc1nc(C(=CNc2nccc3ccc(C#N)cc23)C(N)=O)sc1C(C)(C)C. The summed E-state index contributed by atoms with van der Waals surface area (Å²) in [5.41, 5.74) is 7.26. The molecule has 0 aliphatic rings. The van der Waals surface area contributed by atoms with Crippen molar-refractivity contribution in [2.24, 2.45) is 5.73 Å². The number of nitrogens with two attached hydrogens (primary N) is 1. The number of anilines is 1. The topological polar surface area (TPSA) is 105 Å². The number of thiazole rings is 1. The third kappa shape index (κ3) is 3.87. The summed E-state index contributed by atoms with van der Waals surface area (Å²) in [6, 6.07) is 9.36. The fraction of sp³-hybridized carbons (Fsp3) is 0.238. The number of carbonyl (C=O) groups excluding carboxylic acids is 1. The van der Waals surface area contributed by atoms with Gasteiger partial charge in [0.1, 0.15) is 10.8 Å². The van der Waals surface area contributed by atoms with E-state index < -0.39 is 5.91 Å². The fourth-order valence-electron chi connectivity index (χ4n) is 2.94. The zero-order chi connectivity index (χ0) is 20.5. The fourth-order valence-corrected chi connectivity index (χ4v) is 4.08. The molecule has 7 heteroatoms. The van der Waals surface area contributed by atoms with E-state index in [0.717, 1.165) is 21.3 Å². The Balaban J connectivity index is 2.03. The molecule has 3 rings (SSSR count). The smallest absolute Gasteiger partial charge is 0.253 e. The maximum Gasteiger partial charge on any atom is 0.253 e. The molecule has 2 heterocycles. The molecule has 1 amide bonds. The maximum atomic E-state index is 12.1. The second-order valence-corrected chi connectivity index (χ2v) is 8.46. The summed E-state index contributed by atoms with van der Waals surface area (Å²) in [5, 5.41) is 14.5. The number of hydrogen-bond donors (Lipinski definition) is 2. The molecule has 28 heavy (non-hydrogen) atoms. The van der Waals surface area contributed by atoms with E-state index in [0.29, 0.717) is 22.0 Å². The van der Waals surface area contributed by atoms with Crippen molar-refractivity contribution in [2.45, 2.75) is 33.1 Å². The summed E-state index contributed by atoms with van der Waals surface area (Å²) in [6.45, 7) is 8.25. The highest BCUT2D eigenvalue weighted by Crippen LogP contribution is 2.34. The van der Waals surface area contributed by atoms with Crippen molar-refractivity contribution in [3.63, 3.8) is 0 Å². The zero-order valence-corrected chi connectivity index (χ0v) is 17.0. The van der Waals surface area contributed by atoms with Crippen molar-refractivity contribution in [3.05, 3.63) is 57.8 Å². The number of nitriles is 1. The van der Waals surface area contributed by atoms with Crippen molar-refractivity contribution in [1.29, 1.82) is 5.26 Å². The van der Waals surface area contributed by atoms with E-state index >= 15 is 0 Å². The van der Waals surface area contributed by atoms with E-state index in [-0.39, 0.29) is 5.41 Å². The van der Waals surface area contributed by atoms with E-state index in [9.17, 15) is 4.79 Å². The summed E-state index contributed by atoms with van der Waals surface area (Å²) in [5.74, 6) is -0.0302. The van der Waals surface area contributed by atoms with Crippen LogP contribution in [0.25, 0.3) is 16.3 Å². The van der Waals surface area contributed by atoms with E-state index in [2.05, 4.69) is 42.1 Å². The normalized spacial score (nSPS) is 12.0. The molecule has 0 spiro atoms. The van der Waals surface area contributed by atoms with E-state index in [1.165, 1.54) is 17.5 Å². The summed E-state index contributed by atoms with van der Waals surface area (Å²) < 4.78 is 0. The lowest BCUT2D eigenvalue weighted by molar-refractivity contribution is -0.112. The monoisotopic (exact) mass is 391 g/mol. The minimum atomic E-state index is -0.570. The van der Waals surface area contributed by atoms with Gasteiger partial charge < -0.3 is 11.1 Å². The first-order chi connectivity index (χ1) is 13.2. The molecule has 3 N–H and O–H groups in total. The Hall–Kier alpha value is -3.24. The van der Waals surface area contributed by atoms with Gasteiger partial charge in [-0.1, -0.05) is 26.8 Å². The summed E-state index contributed by atoms with van der Waals surface area (Å²) in [7, 11) is 0. The number of benzene rings is 1. The van der Waals surface area contributed by atoms with E-state index in [1.807, 2.05) is 19.1 Å². The van der Waals surface area contributed by atoms with Gasteiger partial charge in [-0.2, -0.15) is 5.26 Å². The van der Waals surface area contributed by atoms with Gasteiger partial charge in [-0.15, -0.1) is 11.3 Å². The molecular weight excluding hydrogens is 370 g/mol. The number of nitrogens with one attached hydrogen (secondary N) is 1. The number of aryl methyl sites for hydroxylation is 1. The van der Waals surface area contributed by atoms with Crippen molar-refractivity contribution < 1.29 is 4.79 Å². The summed E-state index contributed by atoms with van der Waals surface area (Å²) in [4.78, 5) is 22.1. The van der Waals surface area contributed by atoms with E-state index in [1.54, 1.807) is 18.3 Å². The number of amides is 1. The molecule has 2 aromatic heterocycles. The molecule has 0 saturated carbocycles. The van der Waals surface area contributed by atoms with Gasteiger partial charge in [0.2, 0.25) is 0 Å². The Morgan fingerprint density at radius 1 is 1.32 bits per heavy atom. The van der Waals surface area contributed by atoms with Crippen LogP contribution in [-0.2, 0) is 10.2 Å². The molecule has 0 fully saturated rings. The van der Waals surface area contributed by atoms with Crippen LogP contribution in [0.1, 0.15) is 41.9 Å². The van der Waals surface area contributed by atoms with Crippen LogP contribution in [0.2, 0.25) is 0 Å². The van der Waals surface area contributed by atoms with Gasteiger partial charge >= 0.3 is 0 Å². The van der Waals surface area contributed by atoms with Crippen LogP contribution in [0.4, 0.5) is 5.82 Å². The van der Waals surface area contributed by atoms with Crippen LogP contribution in [-0.4, -0.2) is 15.9 Å². The molecule has 0 aliphatic carbocycles. The van der Waals surface area contributed by atoms with Crippen LogP contribution < -0.4 is 11.1 Å². The number of hydrogen-bond acceptors (Lipinski definition) is 6. The predicted molar refractivity (Wildman–Crippen MR) is 113 cm³/mol. The summed E-state index contributed by atoms with van der Waals surface area (Å²) in [6.07, 6.45) is 3.20. The highest BCUT2D eigenvalue weighted by Gasteiger charge is 2.23. The molecule has 1 aromatic carbocycles. The second-order valence-electron chi connectivity index (χ2n) is 7.46. The number of pyridine rings is 1. The van der Waals surface area contributed by atoms with Crippen LogP contribution in [0.5, 0.6) is 0 Å². The molecular formula is C21H21N5OS. The van der Waals surface area contributed by atoms with Crippen LogP contribution in [0, 0.1) is 18.3 Å². The van der Waals surface area contributed by atoms with Crippen molar-refractivity contribution >= 4 is 39.4 Å². The van der Waals surface area contributed by atoms with Gasteiger partial charge in [-0.25, -0.2) is 9.97 Å². The largest absolute Gasteiger partial charge is 0.365 e. The Morgan fingerprint density at radius 3 is 2.68 bits per heavy atom. The number of rotatable bonds is 4. The second kappa shape index (κ2) is 7.41. The molecule has 0 aliphatic heterocycles. The molecule has 0 saturated heterocycles. The summed E-state index contributed by atoms with van der Waals surface area (Å²) >= 11 is 1.46. The Bertz CT molecular complexity index is 1130. The number of aromatic nitrogens is 2. The van der Waals surface area contributed by atoms with Gasteiger partial charge in [0.15, 0.2) is 0 Å². The lowest BCUT2D eigenvalue weighted by Gasteiger charge is -2.16. The predicted octanol–water partition coefficient (Wildman–Crippen LogP) is 4.11. The number of nitrogens with zero attached hydrogens (tertiary/aromatic N) is 3. The molecule has 3 aromatic rings. The van der Waals surface area contributed by atoms with Gasteiger partial charge in [0.25, 0.3) is 5.91 Å². The van der Waals surface area contributed by atoms with Crippen LogP contribution in [0.15, 0.2) is 36.7 Å². The van der Waals surface area contributed by atoms with Crippen molar-refractivity contribution in [3.8, 4) is 6.07 Å². The number of fused-ring (bicyclic) bond motifs is 1. The maximum absolute atomic E-state index is 12.1.